The molecule has 0 aromatic rings. The van der Waals surface area contributed by atoms with E-state index >= 15 is 0 Å². The van der Waals surface area contributed by atoms with Gasteiger partial charge in [-0.1, -0.05) is 195 Å². The molecule has 0 heterocycles. The van der Waals surface area contributed by atoms with Gasteiger partial charge in [-0.2, -0.15) is 0 Å². The van der Waals surface area contributed by atoms with Crippen LogP contribution in [0.5, 0.6) is 0 Å². The average molecular weight is 847 g/mol. The first-order chi connectivity index (χ1) is 30.0. The largest absolute Gasteiger partial charge is 0.462 e. The molecule has 0 N–H and O–H groups in total. The Morgan fingerprint density at radius 3 is 1.00 bits per heavy atom. The van der Waals surface area contributed by atoms with Crippen molar-refractivity contribution in [3.8, 4) is 0 Å². The first kappa shape index (κ1) is 57.3. The SMILES string of the molecule is CC/C=C\C/C=C\C/C=C\C/C=C\CCCCC(=O)OCC(COC(=O)CCCCCCCCCCCCCCC)OC(=O)CCCC/C=C\C/C=C\C/C=C\C/C=C\CC. The van der Waals surface area contributed by atoms with E-state index in [1.807, 2.05) is 0 Å². The van der Waals surface area contributed by atoms with Crippen molar-refractivity contribution in [2.75, 3.05) is 13.2 Å². The van der Waals surface area contributed by atoms with E-state index in [0.717, 1.165) is 96.3 Å². The van der Waals surface area contributed by atoms with Crippen LogP contribution in [0, 0.1) is 0 Å². The Labute approximate surface area is 375 Å². The van der Waals surface area contributed by atoms with Crippen LogP contribution < -0.4 is 0 Å². The zero-order chi connectivity index (χ0) is 44.4. The van der Waals surface area contributed by atoms with Gasteiger partial charge in [-0.3, -0.25) is 14.4 Å². The van der Waals surface area contributed by atoms with Crippen molar-refractivity contribution in [3.05, 3.63) is 97.2 Å². The number of esters is 3. The second-order valence-electron chi connectivity index (χ2n) is 16.0. The first-order valence-electron chi connectivity index (χ1n) is 24.7. The van der Waals surface area contributed by atoms with Crippen LogP contribution in [0.25, 0.3) is 0 Å². The molecule has 1 atom stereocenters. The van der Waals surface area contributed by atoms with Gasteiger partial charge in [0, 0.05) is 19.3 Å². The van der Waals surface area contributed by atoms with Gasteiger partial charge in [0.2, 0.25) is 0 Å². The fourth-order valence-corrected chi connectivity index (χ4v) is 6.42. The van der Waals surface area contributed by atoms with E-state index in [1.165, 1.54) is 64.2 Å². The van der Waals surface area contributed by atoms with Crippen LogP contribution in [0.15, 0.2) is 97.2 Å². The van der Waals surface area contributed by atoms with Crippen LogP contribution in [-0.4, -0.2) is 37.2 Å². The minimum Gasteiger partial charge on any atom is -0.462 e. The zero-order valence-corrected chi connectivity index (χ0v) is 39.4. The Kier molecular flexibility index (Phi) is 46.0. The van der Waals surface area contributed by atoms with Gasteiger partial charge in [-0.15, -0.1) is 0 Å². The molecule has 346 valence electrons. The van der Waals surface area contributed by atoms with Crippen molar-refractivity contribution >= 4 is 17.9 Å². The van der Waals surface area contributed by atoms with Crippen LogP contribution in [0.2, 0.25) is 0 Å². The van der Waals surface area contributed by atoms with E-state index in [0.29, 0.717) is 25.7 Å². The molecule has 0 bridgehead atoms. The summed E-state index contributed by atoms with van der Waals surface area (Å²) in [5.74, 6) is -0.997. The molecule has 1 unspecified atom stereocenters. The fourth-order valence-electron chi connectivity index (χ4n) is 6.42. The van der Waals surface area contributed by atoms with E-state index in [9.17, 15) is 14.4 Å². The number of ether oxygens (including phenoxy) is 3. The molecule has 0 fully saturated rings. The molecule has 0 radical (unpaired) electrons. The van der Waals surface area contributed by atoms with Gasteiger partial charge in [0.25, 0.3) is 0 Å². The predicted molar refractivity (Wildman–Crippen MR) is 260 cm³/mol. The highest BCUT2D eigenvalue weighted by Gasteiger charge is 2.19. The lowest BCUT2D eigenvalue weighted by Gasteiger charge is -2.18. The quantitative estimate of drug-likeness (QED) is 0.0263. The van der Waals surface area contributed by atoms with Gasteiger partial charge in [0.15, 0.2) is 6.10 Å². The second kappa shape index (κ2) is 49.0. The second-order valence-corrected chi connectivity index (χ2v) is 16.0. The molecule has 0 aliphatic rings. The highest BCUT2D eigenvalue weighted by Crippen LogP contribution is 2.14. The Balaban J connectivity index is 4.53. The number of hydrogen-bond acceptors (Lipinski definition) is 6. The molecule has 0 spiro atoms. The molecule has 0 aromatic heterocycles. The fraction of sp³-hybridized carbons (Fsp3) is 0.655. The molecule has 0 aromatic carbocycles. The molecule has 0 rings (SSSR count). The van der Waals surface area contributed by atoms with Crippen molar-refractivity contribution in [3.63, 3.8) is 0 Å². The number of unbranched alkanes of at least 4 members (excludes halogenated alkanes) is 16. The third-order valence-corrected chi connectivity index (χ3v) is 10.1. The van der Waals surface area contributed by atoms with Gasteiger partial charge in [0.05, 0.1) is 0 Å². The summed E-state index contributed by atoms with van der Waals surface area (Å²) in [4.78, 5) is 37.9. The zero-order valence-electron chi connectivity index (χ0n) is 39.4. The Morgan fingerprint density at radius 1 is 0.344 bits per heavy atom. The van der Waals surface area contributed by atoms with E-state index in [1.54, 1.807) is 0 Å². The van der Waals surface area contributed by atoms with E-state index in [4.69, 9.17) is 14.2 Å². The average Bonchev–Trinajstić information content (AvgIpc) is 3.26. The number of rotatable bonds is 43. The van der Waals surface area contributed by atoms with Gasteiger partial charge in [-0.05, 0) is 96.3 Å². The van der Waals surface area contributed by atoms with Gasteiger partial charge < -0.3 is 14.2 Å². The van der Waals surface area contributed by atoms with E-state index in [-0.39, 0.29) is 37.5 Å². The summed E-state index contributed by atoms with van der Waals surface area (Å²) in [6, 6.07) is 0. The lowest BCUT2D eigenvalue weighted by atomic mass is 10.0. The van der Waals surface area contributed by atoms with Crippen LogP contribution >= 0.6 is 0 Å². The molecule has 0 aliphatic heterocycles. The van der Waals surface area contributed by atoms with Crippen molar-refractivity contribution < 1.29 is 28.6 Å². The van der Waals surface area contributed by atoms with Crippen molar-refractivity contribution in [2.24, 2.45) is 0 Å². The van der Waals surface area contributed by atoms with Crippen LogP contribution in [0.1, 0.15) is 213 Å². The molecule has 0 saturated heterocycles. The minimum atomic E-state index is -0.814. The van der Waals surface area contributed by atoms with Crippen molar-refractivity contribution in [1.82, 2.24) is 0 Å². The molecule has 0 amide bonds. The Hall–Kier alpha value is -3.67. The summed E-state index contributed by atoms with van der Waals surface area (Å²) < 4.78 is 16.7. The highest BCUT2D eigenvalue weighted by atomic mass is 16.6. The Morgan fingerprint density at radius 2 is 0.639 bits per heavy atom. The lowest BCUT2D eigenvalue weighted by molar-refractivity contribution is -0.167. The van der Waals surface area contributed by atoms with Crippen LogP contribution in [-0.2, 0) is 28.6 Å². The smallest absolute Gasteiger partial charge is 0.306 e. The molecule has 0 saturated carbocycles. The number of allylic oxidation sites excluding steroid dienone is 16. The third kappa shape index (κ3) is 47.2. The maximum absolute atomic E-state index is 12.8. The molecule has 61 heavy (non-hydrogen) atoms. The summed E-state index contributed by atoms with van der Waals surface area (Å²) in [5.41, 5.74) is 0. The summed E-state index contributed by atoms with van der Waals surface area (Å²) in [5, 5.41) is 0. The topological polar surface area (TPSA) is 78.9 Å². The lowest BCUT2D eigenvalue weighted by Crippen LogP contribution is -2.30. The van der Waals surface area contributed by atoms with Crippen LogP contribution in [0.3, 0.4) is 0 Å². The maximum atomic E-state index is 12.8. The molecule has 6 heteroatoms. The summed E-state index contributed by atoms with van der Waals surface area (Å²) in [6.07, 6.45) is 63.9. The molecule has 6 nitrogen and oxygen atoms in total. The summed E-state index contributed by atoms with van der Waals surface area (Å²) in [6.45, 7) is 6.32. The van der Waals surface area contributed by atoms with Crippen molar-refractivity contribution in [2.45, 2.75) is 219 Å². The predicted octanol–water partition coefficient (Wildman–Crippen LogP) is 16.2. The third-order valence-electron chi connectivity index (χ3n) is 10.1. The van der Waals surface area contributed by atoms with Gasteiger partial charge in [-0.25, -0.2) is 0 Å². The highest BCUT2D eigenvalue weighted by molar-refractivity contribution is 5.71. The standard InChI is InChI=1S/C55H90O6/c1-4-7-10-13-16-19-22-25-27-30-33-36-39-42-45-48-54(57)60-51-52(50-59-53(56)47-44-41-38-35-32-29-24-21-18-15-12-9-6-3)61-55(58)49-46-43-40-37-34-31-28-26-23-20-17-14-11-8-5-2/h7-8,10-11,16-17,19-20,25-28,33-34,36-37,52H,4-6,9,12-15,18,21-24,29-32,35,38-51H2,1-3H3/b10-7-,11-8-,19-16-,20-17-,27-25-,28-26-,36-33-,37-34-. The maximum Gasteiger partial charge on any atom is 0.306 e. The van der Waals surface area contributed by atoms with E-state index < -0.39 is 6.10 Å². The number of carbonyl (C=O) groups excluding carboxylic acids is 3. The van der Waals surface area contributed by atoms with Gasteiger partial charge >= 0.3 is 17.9 Å². The number of carbonyl (C=O) groups is 3. The summed E-state index contributed by atoms with van der Waals surface area (Å²) >= 11 is 0. The molecule has 0 aliphatic carbocycles. The number of hydrogen-bond donors (Lipinski definition) is 0. The minimum absolute atomic E-state index is 0.107. The van der Waals surface area contributed by atoms with Gasteiger partial charge in [0.1, 0.15) is 13.2 Å². The summed E-state index contributed by atoms with van der Waals surface area (Å²) in [7, 11) is 0. The molecular formula is C55H90O6. The van der Waals surface area contributed by atoms with Crippen molar-refractivity contribution in [1.29, 1.82) is 0 Å². The normalized spacial score (nSPS) is 12.9. The van der Waals surface area contributed by atoms with E-state index in [2.05, 4.69) is 118 Å². The molecular weight excluding hydrogens is 757 g/mol. The monoisotopic (exact) mass is 847 g/mol. The Bertz CT molecular complexity index is 1250. The first-order valence-corrected chi connectivity index (χ1v) is 24.7. The van der Waals surface area contributed by atoms with Crippen LogP contribution in [0.4, 0.5) is 0 Å².